The molecule has 5 nitrogen and oxygen atoms in total. The minimum absolute atomic E-state index is 0.128. The smallest absolute Gasteiger partial charge is 0.134 e. The molecule has 4 aromatic rings. The number of piperidine rings is 1. The van der Waals surface area contributed by atoms with Gasteiger partial charge in [-0.2, -0.15) is 0 Å². The van der Waals surface area contributed by atoms with Gasteiger partial charge in [0.15, 0.2) is 0 Å². The van der Waals surface area contributed by atoms with E-state index >= 15 is 0 Å². The van der Waals surface area contributed by atoms with E-state index in [9.17, 15) is 9.50 Å². The average molecular weight is 446 g/mol. The number of rotatable bonds is 7. The zero-order valence-corrected chi connectivity index (χ0v) is 18.4. The van der Waals surface area contributed by atoms with Gasteiger partial charge in [-0.25, -0.2) is 4.39 Å². The summed E-state index contributed by atoms with van der Waals surface area (Å²) in [5, 5.41) is 15.5. The number of hydrogen-bond acceptors (Lipinski definition) is 5. The number of furan rings is 1. The van der Waals surface area contributed by atoms with Gasteiger partial charge in [0.2, 0.25) is 0 Å². The Morgan fingerprint density at radius 2 is 1.79 bits per heavy atom. The fourth-order valence-electron chi connectivity index (χ4n) is 4.62. The molecule has 0 saturated carbocycles. The lowest BCUT2D eigenvalue weighted by Gasteiger charge is -2.35. The predicted octanol–water partition coefficient (Wildman–Crippen LogP) is 4.88. The van der Waals surface area contributed by atoms with E-state index in [1.165, 1.54) is 12.1 Å². The molecule has 0 bridgehead atoms. The second-order valence-corrected chi connectivity index (χ2v) is 8.71. The van der Waals surface area contributed by atoms with Crippen LogP contribution in [0.3, 0.4) is 0 Å². The molecule has 1 aliphatic heterocycles. The number of benzene rings is 2. The predicted molar refractivity (Wildman–Crippen MR) is 126 cm³/mol. The van der Waals surface area contributed by atoms with E-state index in [-0.39, 0.29) is 17.8 Å². The van der Waals surface area contributed by atoms with Crippen LogP contribution < -0.4 is 5.32 Å². The van der Waals surface area contributed by atoms with Crippen LogP contribution >= 0.6 is 0 Å². The van der Waals surface area contributed by atoms with Gasteiger partial charge in [-0.1, -0.05) is 36.4 Å². The van der Waals surface area contributed by atoms with Crippen molar-refractivity contribution < 1.29 is 13.9 Å². The summed E-state index contributed by atoms with van der Waals surface area (Å²) in [6.45, 7) is 2.56. The molecule has 0 radical (unpaired) electrons. The summed E-state index contributed by atoms with van der Waals surface area (Å²) in [6.07, 6.45) is 2.81. The second-order valence-electron chi connectivity index (χ2n) is 8.71. The molecule has 2 N–H and O–H groups in total. The number of likely N-dealkylation sites (tertiary alicyclic amines) is 1. The van der Waals surface area contributed by atoms with E-state index in [0.29, 0.717) is 0 Å². The van der Waals surface area contributed by atoms with Crippen LogP contribution in [0.2, 0.25) is 0 Å². The summed E-state index contributed by atoms with van der Waals surface area (Å²) < 4.78 is 19.4. The summed E-state index contributed by atoms with van der Waals surface area (Å²) in [4.78, 5) is 6.84. The van der Waals surface area contributed by atoms with E-state index in [1.54, 1.807) is 18.3 Å². The van der Waals surface area contributed by atoms with Crippen LogP contribution in [0.4, 0.5) is 4.39 Å². The lowest BCUT2D eigenvalue weighted by molar-refractivity contribution is 0.0273. The first-order chi connectivity index (χ1) is 16.2. The van der Waals surface area contributed by atoms with E-state index in [2.05, 4.69) is 27.3 Å². The Balaban J connectivity index is 1.22. The molecule has 2 atom stereocenters. The maximum absolute atomic E-state index is 13.5. The highest BCUT2D eigenvalue weighted by atomic mass is 19.1. The number of halogens is 1. The normalized spacial score (nSPS) is 17.3. The van der Waals surface area contributed by atoms with Gasteiger partial charge < -0.3 is 9.52 Å². The first kappa shape index (κ1) is 21.8. The van der Waals surface area contributed by atoms with Gasteiger partial charge in [0.1, 0.15) is 23.4 Å². The zero-order valence-electron chi connectivity index (χ0n) is 18.4. The average Bonchev–Trinajstić information content (AvgIpc) is 3.26. The van der Waals surface area contributed by atoms with Gasteiger partial charge in [0.05, 0.1) is 18.3 Å². The van der Waals surface area contributed by atoms with Gasteiger partial charge in [0, 0.05) is 17.5 Å². The molecular formula is C27H28FN3O2. The van der Waals surface area contributed by atoms with Gasteiger partial charge >= 0.3 is 0 Å². The first-order valence-electron chi connectivity index (χ1n) is 11.5. The summed E-state index contributed by atoms with van der Waals surface area (Å²) >= 11 is 0. The molecule has 3 heterocycles. The Kier molecular flexibility index (Phi) is 6.48. The lowest BCUT2D eigenvalue weighted by Crippen LogP contribution is -2.44. The highest BCUT2D eigenvalue weighted by Gasteiger charge is 2.28. The molecule has 33 heavy (non-hydrogen) atoms. The molecule has 1 saturated heterocycles. The quantitative estimate of drug-likeness (QED) is 0.397. The summed E-state index contributed by atoms with van der Waals surface area (Å²) in [5.41, 5.74) is 2.59. The van der Waals surface area contributed by atoms with Crippen molar-refractivity contribution in [2.75, 3.05) is 13.1 Å². The summed E-state index contributed by atoms with van der Waals surface area (Å²) in [5.74, 6) is 0.819. The monoisotopic (exact) mass is 445 g/mol. The summed E-state index contributed by atoms with van der Waals surface area (Å²) in [7, 11) is 0. The number of nitrogens with zero attached hydrogens (tertiary/aromatic N) is 2. The molecule has 0 amide bonds. The zero-order chi connectivity index (χ0) is 22.6. The number of para-hydroxylation sites is 1. The maximum Gasteiger partial charge on any atom is 0.134 e. The van der Waals surface area contributed by atoms with E-state index in [0.717, 1.165) is 60.5 Å². The molecule has 2 unspecified atom stereocenters. The number of aliphatic hydroxyl groups is 1. The second kappa shape index (κ2) is 9.83. The van der Waals surface area contributed by atoms with Crippen LogP contribution in [0, 0.1) is 11.7 Å². The third kappa shape index (κ3) is 5.14. The molecular weight excluding hydrogens is 417 g/mol. The minimum Gasteiger partial charge on any atom is -0.460 e. The molecule has 6 heteroatoms. The number of fused-ring (bicyclic) bond motifs is 1. The Bertz CT molecular complexity index is 1140. The van der Waals surface area contributed by atoms with Crippen molar-refractivity contribution in [3.63, 3.8) is 0 Å². The van der Waals surface area contributed by atoms with E-state index < -0.39 is 6.23 Å². The fraction of sp³-hybridized carbons (Fsp3) is 0.296. The third-order valence-electron chi connectivity index (χ3n) is 6.46. The van der Waals surface area contributed by atoms with Crippen LogP contribution in [-0.4, -0.2) is 34.3 Å². The van der Waals surface area contributed by atoms with Crippen LogP contribution in [-0.2, 0) is 6.54 Å². The highest BCUT2D eigenvalue weighted by Crippen LogP contribution is 2.27. The Labute approximate surface area is 192 Å². The minimum atomic E-state index is -0.685. The van der Waals surface area contributed by atoms with Crippen molar-refractivity contribution in [1.29, 1.82) is 0 Å². The van der Waals surface area contributed by atoms with Gasteiger partial charge in [-0.3, -0.25) is 15.2 Å². The van der Waals surface area contributed by atoms with Crippen LogP contribution in [0.1, 0.15) is 35.9 Å². The van der Waals surface area contributed by atoms with E-state index in [1.807, 2.05) is 36.4 Å². The highest BCUT2D eigenvalue weighted by molar-refractivity contribution is 5.77. The fourth-order valence-corrected chi connectivity index (χ4v) is 4.62. The largest absolute Gasteiger partial charge is 0.460 e. The van der Waals surface area contributed by atoms with Crippen molar-refractivity contribution in [2.45, 2.75) is 31.7 Å². The lowest BCUT2D eigenvalue weighted by atomic mass is 9.93. The number of aliphatic hydroxyl groups excluding tert-OH is 1. The number of nitrogens with one attached hydrogen (secondary N) is 1. The van der Waals surface area contributed by atoms with E-state index in [4.69, 9.17) is 4.42 Å². The third-order valence-corrected chi connectivity index (χ3v) is 6.46. The van der Waals surface area contributed by atoms with Crippen molar-refractivity contribution >= 4 is 11.0 Å². The molecule has 170 valence electrons. The van der Waals surface area contributed by atoms with Crippen molar-refractivity contribution in [1.82, 2.24) is 15.2 Å². The van der Waals surface area contributed by atoms with Gasteiger partial charge in [0.25, 0.3) is 0 Å². The van der Waals surface area contributed by atoms with Crippen molar-refractivity contribution in [3.05, 3.63) is 102 Å². The molecule has 0 aliphatic carbocycles. The van der Waals surface area contributed by atoms with Crippen molar-refractivity contribution in [3.8, 4) is 0 Å². The SMILES string of the molecule is OC(NC(c1ccc(F)cc1)c1ccccn1)C1CCN(Cc2cc3ccccc3o2)CC1. The van der Waals surface area contributed by atoms with Crippen molar-refractivity contribution in [2.24, 2.45) is 5.92 Å². The summed E-state index contributed by atoms with van der Waals surface area (Å²) in [6, 6.07) is 21.9. The topological polar surface area (TPSA) is 61.5 Å². The number of pyridine rings is 1. The standard InChI is InChI=1S/C27H28FN3O2/c28-22-10-8-19(9-11-22)26(24-6-3-4-14-29-24)30-27(32)20-12-15-31(16-13-20)18-23-17-21-5-1-2-7-25(21)33-23/h1-11,14,17,20,26-27,30,32H,12-13,15-16,18H2. The molecule has 2 aromatic carbocycles. The molecule has 5 rings (SSSR count). The van der Waals surface area contributed by atoms with Crippen LogP contribution in [0.15, 0.2) is 83.4 Å². The Morgan fingerprint density at radius 3 is 2.52 bits per heavy atom. The number of hydrogen-bond donors (Lipinski definition) is 2. The molecule has 0 spiro atoms. The van der Waals surface area contributed by atoms with Gasteiger partial charge in [-0.15, -0.1) is 0 Å². The Morgan fingerprint density at radius 1 is 1.03 bits per heavy atom. The molecule has 1 fully saturated rings. The van der Waals surface area contributed by atoms with Gasteiger partial charge in [-0.05, 0) is 67.9 Å². The molecule has 2 aromatic heterocycles. The Hall–Kier alpha value is -3.06. The maximum atomic E-state index is 13.5. The van der Waals surface area contributed by atoms with Crippen LogP contribution in [0.25, 0.3) is 11.0 Å². The van der Waals surface area contributed by atoms with Crippen LogP contribution in [0.5, 0.6) is 0 Å². The number of aromatic nitrogens is 1. The first-order valence-corrected chi connectivity index (χ1v) is 11.5. The molecule has 1 aliphatic rings.